The van der Waals surface area contributed by atoms with E-state index in [2.05, 4.69) is 6.92 Å². The number of benzene rings is 1. The van der Waals surface area contributed by atoms with Crippen LogP contribution in [0.2, 0.25) is 0 Å². The number of hydrogen-bond donors (Lipinski definition) is 2. The lowest BCUT2D eigenvalue weighted by Crippen LogP contribution is -2.34. The lowest BCUT2D eigenvalue weighted by atomic mass is 9.74. The molecule has 2 heteroatoms. The van der Waals surface area contributed by atoms with Crippen LogP contribution in [0.25, 0.3) is 0 Å². The zero-order valence-corrected chi connectivity index (χ0v) is 11.3. The molecule has 0 heterocycles. The van der Waals surface area contributed by atoms with Crippen LogP contribution in [0.15, 0.2) is 30.3 Å². The molecule has 1 aliphatic rings. The molecule has 0 radical (unpaired) electrons. The summed E-state index contributed by atoms with van der Waals surface area (Å²) in [5.74, 6) is 0.869. The molecule has 2 rings (SSSR count). The summed E-state index contributed by atoms with van der Waals surface area (Å²) in [4.78, 5) is 0. The minimum atomic E-state index is -0.843. The fourth-order valence-electron chi connectivity index (χ4n) is 3.13. The van der Waals surface area contributed by atoms with Crippen LogP contribution in [-0.2, 0) is 5.60 Å². The predicted molar refractivity (Wildman–Crippen MR) is 73.1 cm³/mol. The van der Waals surface area contributed by atoms with Crippen LogP contribution in [0.5, 0.6) is 0 Å². The van der Waals surface area contributed by atoms with E-state index in [4.69, 9.17) is 0 Å². The van der Waals surface area contributed by atoms with Crippen LogP contribution in [0, 0.1) is 11.8 Å². The highest BCUT2D eigenvalue weighted by Gasteiger charge is 2.34. The lowest BCUT2D eigenvalue weighted by molar-refractivity contribution is -0.0251. The van der Waals surface area contributed by atoms with Gasteiger partial charge in [0.05, 0.1) is 11.7 Å². The summed E-state index contributed by atoms with van der Waals surface area (Å²) in [6, 6.07) is 9.77. The molecule has 1 aromatic carbocycles. The van der Waals surface area contributed by atoms with E-state index in [1.165, 1.54) is 0 Å². The summed E-state index contributed by atoms with van der Waals surface area (Å²) < 4.78 is 0. The van der Waals surface area contributed by atoms with Gasteiger partial charge < -0.3 is 10.2 Å². The molecule has 0 spiro atoms. The van der Waals surface area contributed by atoms with Gasteiger partial charge in [-0.25, -0.2) is 0 Å². The minimum absolute atomic E-state index is 0.212. The first-order valence-corrected chi connectivity index (χ1v) is 6.95. The van der Waals surface area contributed by atoms with Crippen LogP contribution >= 0.6 is 0 Å². The predicted octanol–water partition coefficient (Wildman–Crippen LogP) is 3.08. The van der Waals surface area contributed by atoms with Gasteiger partial charge in [-0.2, -0.15) is 0 Å². The Morgan fingerprint density at radius 1 is 1.22 bits per heavy atom. The van der Waals surface area contributed by atoms with Crippen molar-refractivity contribution in [3.63, 3.8) is 0 Å². The molecular weight excluding hydrogens is 224 g/mol. The molecule has 0 amide bonds. The van der Waals surface area contributed by atoms with Crippen molar-refractivity contribution in [2.75, 3.05) is 0 Å². The van der Waals surface area contributed by atoms with E-state index in [0.29, 0.717) is 12.3 Å². The molecule has 1 aliphatic carbocycles. The molecule has 0 bridgehead atoms. The highest BCUT2D eigenvalue weighted by Crippen LogP contribution is 2.37. The van der Waals surface area contributed by atoms with Gasteiger partial charge in [-0.3, -0.25) is 0 Å². The van der Waals surface area contributed by atoms with Gasteiger partial charge in [-0.1, -0.05) is 37.3 Å². The summed E-state index contributed by atoms with van der Waals surface area (Å²) in [7, 11) is 0. The van der Waals surface area contributed by atoms with Crippen molar-refractivity contribution in [2.24, 2.45) is 11.8 Å². The van der Waals surface area contributed by atoms with Gasteiger partial charge in [-0.05, 0) is 50.0 Å². The molecule has 1 fully saturated rings. The normalized spacial score (nSPS) is 31.9. The summed E-state index contributed by atoms with van der Waals surface area (Å²) >= 11 is 0. The van der Waals surface area contributed by atoms with Crippen molar-refractivity contribution in [2.45, 2.75) is 51.2 Å². The minimum Gasteiger partial charge on any atom is -0.393 e. The maximum absolute atomic E-state index is 10.6. The van der Waals surface area contributed by atoms with Crippen LogP contribution < -0.4 is 0 Å². The molecule has 0 aromatic heterocycles. The largest absolute Gasteiger partial charge is 0.393 e. The van der Waals surface area contributed by atoms with E-state index in [0.717, 1.165) is 24.8 Å². The first-order chi connectivity index (χ1) is 8.49. The second kappa shape index (κ2) is 5.41. The van der Waals surface area contributed by atoms with Gasteiger partial charge in [0.15, 0.2) is 0 Å². The highest BCUT2D eigenvalue weighted by atomic mass is 16.3. The third-order valence-corrected chi connectivity index (χ3v) is 4.26. The van der Waals surface area contributed by atoms with Gasteiger partial charge >= 0.3 is 0 Å². The van der Waals surface area contributed by atoms with Gasteiger partial charge in [0.25, 0.3) is 0 Å². The molecule has 100 valence electrons. The first-order valence-electron chi connectivity index (χ1n) is 6.95. The Morgan fingerprint density at radius 2 is 1.89 bits per heavy atom. The van der Waals surface area contributed by atoms with E-state index in [1.807, 2.05) is 37.3 Å². The van der Waals surface area contributed by atoms with Gasteiger partial charge in [0.2, 0.25) is 0 Å². The maximum Gasteiger partial charge on any atom is 0.0872 e. The number of aliphatic hydroxyl groups excluding tert-OH is 1. The molecule has 18 heavy (non-hydrogen) atoms. The third-order valence-electron chi connectivity index (χ3n) is 4.26. The Kier molecular flexibility index (Phi) is 4.08. The Hall–Kier alpha value is -0.860. The summed E-state index contributed by atoms with van der Waals surface area (Å²) in [6.45, 7) is 4.09. The number of aliphatic hydroxyl groups is 2. The van der Waals surface area contributed by atoms with E-state index >= 15 is 0 Å². The molecule has 2 N–H and O–H groups in total. The fraction of sp³-hybridized carbons (Fsp3) is 0.625. The van der Waals surface area contributed by atoms with E-state index < -0.39 is 5.60 Å². The molecule has 2 nitrogen and oxygen atoms in total. The highest BCUT2D eigenvalue weighted by molar-refractivity contribution is 5.21. The number of hydrogen-bond acceptors (Lipinski definition) is 2. The Morgan fingerprint density at radius 3 is 2.56 bits per heavy atom. The summed E-state index contributed by atoms with van der Waals surface area (Å²) in [6.07, 6.45) is 3.38. The fourth-order valence-corrected chi connectivity index (χ4v) is 3.13. The van der Waals surface area contributed by atoms with Crippen molar-refractivity contribution >= 4 is 0 Å². The topological polar surface area (TPSA) is 40.5 Å². The average Bonchev–Trinajstić information content (AvgIpc) is 2.35. The molecule has 0 saturated heterocycles. The van der Waals surface area contributed by atoms with Crippen LogP contribution in [0.3, 0.4) is 0 Å². The van der Waals surface area contributed by atoms with Gasteiger partial charge in [-0.15, -0.1) is 0 Å². The second-order valence-corrected chi connectivity index (χ2v) is 6.09. The van der Waals surface area contributed by atoms with Gasteiger partial charge in [0.1, 0.15) is 0 Å². The van der Waals surface area contributed by atoms with Crippen molar-refractivity contribution < 1.29 is 10.2 Å². The lowest BCUT2D eigenvalue weighted by Gasteiger charge is -2.36. The van der Waals surface area contributed by atoms with Gasteiger partial charge in [0, 0.05) is 0 Å². The third kappa shape index (κ3) is 3.12. The van der Waals surface area contributed by atoms with E-state index in [1.54, 1.807) is 0 Å². The zero-order chi connectivity index (χ0) is 13.2. The molecular formula is C16H24O2. The first kappa shape index (κ1) is 13.6. The molecule has 1 aromatic rings. The van der Waals surface area contributed by atoms with Crippen molar-refractivity contribution in [3.05, 3.63) is 35.9 Å². The van der Waals surface area contributed by atoms with E-state index in [-0.39, 0.29) is 12.0 Å². The standard InChI is InChI=1S/C16H24O2/c1-12-8-9-15(17)13(10-12)11-16(2,18)14-6-4-3-5-7-14/h3-7,12-13,15,17-18H,8-11H2,1-2H3. The Labute approximate surface area is 110 Å². The zero-order valence-electron chi connectivity index (χ0n) is 11.3. The monoisotopic (exact) mass is 248 g/mol. The maximum atomic E-state index is 10.6. The van der Waals surface area contributed by atoms with Crippen LogP contribution in [0.4, 0.5) is 0 Å². The molecule has 0 aliphatic heterocycles. The summed E-state index contributed by atoms with van der Waals surface area (Å²) in [5.41, 5.74) is 0.0969. The Balaban J connectivity index is 2.07. The summed E-state index contributed by atoms with van der Waals surface area (Å²) in [5, 5.41) is 20.7. The van der Waals surface area contributed by atoms with Crippen molar-refractivity contribution in [1.82, 2.24) is 0 Å². The Bertz CT molecular complexity index is 372. The SMILES string of the molecule is CC1CCC(O)C(CC(C)(O)c2ccccc2)C1. The number of rotatable bonds is 3. The second-order valence-electron chi connectivity index (χ2n) is 6.09. The smallest absolute Gasteiger partial charge is 0.0872 e. The van der Waals surface area contributed by atoms with Crippen molar-refractivity contribution in [1.29, 1.82) is 0 Å². The average molecular weight is 248 g/mol. The van der Waals surface area contributed by atoms with Crippen molar-refractivity contribution in [3.8, 4) is 0 Å². The van der Waals surface area contributed by atoms with Crippen LogP contribution in [-0.4, -0.2) is 16.3 Å². The van der Waals surface area contributed by atoms with E-state index in [9.17, 15) is 10.2 Å². The van der Waals surface area contributed by atoms with Crippen LogP contribution in [0.1, 0.15) is 45.1 Å². The quantitative estimate of drug-likeness (QED) is 0.863. The molecule has 4 unspecified atom stereocenters. The molecule has 1 saturated carbocycles. The molecule has 4 atom stereocenters.